The van der Waals surface area contributed by atoms with Crippen molar-refractivity contribution < 1.29 is 19.4 Å². The smallest absolute Gasteiger partial charge is 0.338 e. The minimum Gasteiger partial charge on any atom is -0.478 e. The number of ether oxygens (including phenoxy) is 1. The standard InChI is InChI=1S/C14H18O4/c1-8(2)7-18-14(17)12-9(3)5-6-11(10(12)4)13(15)16/h5-6,8H,7H2,1-4H3,(H,15,16). The number of carbonyl (C=O) groups excluding carboxylic acids is 1. The van der Waals surface area contributed by atoms with Crippen molar-refractivity contribution in [2.45, 2.75) is 27.7 Å². The number of esters is 1. The molecule has 0 saturated heterocycles. The largest absolute Gasteiger partial charge is 0.478 e. The molecule has 18 heavy (non-hydrogen) atoms. The van der Waals surface area contributed by atoms with Crippen LogP contribution in [0, 0.1) is 19.8 Å². The summed E-state index contributed by atoms with van der Waals surface area (Å²) < 4.78 is 5.15. The molecule has 0 aliphatic heterocycles. The summed E-state index contributed by atoms with van der Waals surface area (Å²) in [4.78, 5) is 23.0. The monoisotopic (exact) mass is 250 g/mol. The predicted molar refractivity (Wildman–Crippen MR) is 68.0 cm³/mol. The van der Waals surface area contributed by atoms with E-state index >= 15 is 0 Å². The molecule has 0 spiro atoms. The molecule has 0 fully saturated rings. The van der Waals surface area contributed by atoms with Gasteiger partial charge >= 0.3 is 11.9 Å². The number of carbonyl (C=O) groups is 2. The summed E-state index contributed by atoms with van der Waals surface area (Å²) in [7, 11) is 0. The normalized spacial score (nSPS) is 10.5. The van der Waals surface area contributed by atoms with E-state index in [4.69, 9.17) is 9.84 Å². The Hall–Kier alpha value is -1.84. The van der Waals surface area contributed by atoms with Gasteiger partial charge in [0.2, 0.25) is 0 Å². The van der Waals surface area contributed by atoms with E-state index in [1.54, 1.807) is 19.9 Å². The fourth-order valence-electron chi connectivity index (χ4n) is 1.71. The maximum Gasteiger partial charge on any atom is 0.338 e. The minimum absolute atomic E-state index is 0.136. The van der Waals surface area contributed by atoms with Gasteiger partial charge in [-0.2, -0.15) is 0 Å². The van der Waals surface area contributed by atoms with E-state index in [9.17, 15) is 9.59 Å². The zero-order valence-electron chi connectivity index (χ0n) is 11.1. The van der Waals surface area contributed by atoms with Crippen LogP contribution in [0.25, 0.3) is 0 Å². The van der Waals surface area contributed by atoms with Crippen molar-refractivity contribution in [3.8, 4) is 0 Å². The molecule has 0 amide bonds. The number of aromatic carboxylic acids is 1. The molecule has 0 bridgehead atoms. The van der Waals surface area contributed by atoms with Gasteiger partial charge < -0.3 is 9.84 Å². The van der Waals surface area contributed by atoms with E-state index in [0.29, 0.717) is 17.7 Å². The molecule has 1 rings (SSSR count). The van der Waals surface area contributed by atoms with Gasteiger partial charge in [-0.25, -0.2) is 9.59 Å². The van der Waals surface area contributed by atoms with Crippen LogP contribution in [0.4, 0.5) is 0 Å². The summed E-state index contributed by atoms with van der Waals surface area (Å²) in [5, 5.41) is 9.03. The van der Waals surface area contributed by atoms with E-state index in [0.717, 1.165) is 5.56 Å². The highest BCUT2D eigenvalue weighted by atomic mass is 16.5. The van der Waals surface area contributed by atoms with Crippen molar-refractivity contribution in [3.63, 3.8) is 0 Å². The van der Waals surface area contributed by atoms with Crippen LogP contribution < -0.4 is 0 Å². The van der Waals surface area contributed by atoms with Crippen molar-refractivity contribution in [2.24, 2.45) is 5.92 Å². The van der Waals surface area contributed by atoms with E-state index in [2.05, 4.69) is 0 Å². The Kier molecular flexibility index (Phi) is 4.48. The van der Waals surface area contributed by atoms with Gasteiger partial charge in [-0.3, -0.25) is 0 Å². The van der Waals surface area contributed by atoms with Gasteiger partial charge in [0, 0.05) is 0 Å². The van der Waals surface area contributed by atoms with Crippen LogP contribution in [0.5, 0.6) is 0 Å². The summed E-state index contributed by atoms with van der Waals surface area (Å²) >= 11 is 0. The third-order valence-corrected chi connectivity index (χ3v) is 2.66. The van der Waals surface area contributed by atoms with Gasteiger partial charge in [0.15, 0.2) is 0 Å². The molecule has 4 heteroatoms. The summed E-state index contributed by atoms with van der Waals surface area (Å²) in [6.07, 6.45) is 0. The number of carboxylic acids is 1. The van der Waals surface area contributed by atoms with Crippen LogP contribution in [0.3, 0.4) is 0 Å². The maximum atomic E-state index is 12.0. The first kappa shape index (κ1) is 14.2. The number of hydrogen-bond acceptors (Lipinski definition) is 3. The van der Waals surface area contributed by atoms with Crippen molar-refractivity contribution in [1.29, 1.82) is 0 Å². The maximum absolute atomic E-state index is 12.0. The summed E-state index contributed by atoms with van der Waals surface area (Å²) in [6, 6.07) is 3.13. The third kappa shape index (κ3) is 3.09. The van der Waals surface area contributed by atoms with Gasteiger partial charge in [-0.15, -0.1) is 0 Å². The van der Waals surface area contributed by atoms with Crippen LogP contribution in [0.1, 0.15) is 45.7 Å². The Morgan fingerprint density at radius 1 is 1.28 bits per heavy atom. The predicted octanol–water partition coefficient (Wildman–Crippen LogP) is 2.81. The highest BCUT2D eigenvalue weighted by Gasteiger charge is 2.19. The molecule has 1 aromatic rings. The lowest BCUT2D eigenvalue weighted by Crippen LogP contribution is -2.15. The highest BCUT2D eigenvalue weighted by Crippen LogP contribution is 2.19. The molecule has 0 unspecified atom stereocenters. The Balaban J connectivity index is 3.11. The van der Waals surface area contributed by atoms with Crippen LogP contribution in [0.2, 0.25) is 0 Å². The number of aryl methyl sites for hydroxylation is 1. The quantitative estimate of drug-likeness (QED) is 0.834. The molecule has 0 heterocycles. The van der Waals surface area contributed by atoms with Crippen molar-refractivity contribution in [2.75, 3.05) is 6.61 Å². The van der Waals surface area contributed by atoms with E-state index < -0.39 is 11.9 Å². The van der Waals surface area contributed by atoms with E-state index in [1.807, 2.05) is 13.8 Å². The van der Waals surface area contributed by atoms with E-state index in [-0.39, 0.29) is 11.5 Å². The minimum atomic E-state index is -1.04. The lowest BCUT2D eigenvalue weighted by Gasteiger charge is -2.13. The molecule has 4 nitrogen and oxygen atoms in total. The fraction of sp³-hybridized carbons (Fsp3) is 0.429. The number of carboxylic acid groups (broad SMARTS) is 1. The van der Waals surface area contributed by atoms with Crippen LogP contribution in [-0.4, -0.2) is 23.7 Å². The lowest BCUT2D eigenvalue weighted by atomic mass is 9.98. The average molecular weight is 250 g/mol. The second-order valence-electron chi connectivity index (χ2n) is 4.73. The summed E-state index contributed by atoms with van der Waals surface area (Å²) in [6.45, 7) is 7.61. The molecule has 0 aromatic heterocycles. The SMILES string of the molecule is Cc1ccc(C(=O)O)c(C)c1C(=O)OCC(C)C. The van der Waals surface area contributed by atoms with Crippen LogP contribution in [-0.2, 0) is 4.74 Å². The number of benzene rings is 1. The summed E-state index contributed by atoms with van der Waals surface area (Å²) in [5.74, 6) is -1.25. The first-order valence-electron chi connectivity index (χ1n) is 5.85. The van der Waals surface area contributed by atoms with Crippen LogP contribution in [0.15, 0.2) is 12.1 Å². The van der Waals surface area contributed by atoms with E-state index in [1.165, 1.54) is 6.07 Å². The van der Waals surface area contributed by atoms with Gasteiger partial charge in [-0.05, 0) is 37.0 Å². The average Bonchev–Trinajstić information content (AvgIpc) is 2.25. The van der Waals surface area contributed by atoms with Gasteiger partial charge in [-0.1, -0.05) is 19.9 Å². The molecule has 0 saturated carbocycles. The molecular weight excluding hydrogens is 232 g/mol. The van der Waals surface area contributed by atoms with Gasteiger partial charge in [0.1, 0.15) is 0 Å². The molecule has 0 aliphatic rings. The molecule has 0 atom stereocenters. The van der Waals surface area contributed by atoms with Crippen LogP contribution >= 0.6 is 0 Å². The fourth-order valence-corrected chi connectivity index (χ4v) is 1.71. The molecule has 0 aliphatic carbocycles. The second-order valence-corrected chi connectivity index (χ2v) is 4.73. The first-order chi connectivity index (χ1) is 8.34. The Morgan fingerprint density at radius 2 is 1.89 bits per heavy atom. The zero-order chi connectivity index (χ0) is 13.9. The molecular formula is C14H18O4. The molecule has 1 aromatic carbocycles. The molecule has 0 radical (unpaired) electrons. The van der Waals surface area contributed by atoms with Gasteiger partial charge in [0.05, 0.1) is 17.7 Å². The third-order valence-electron chi connectivity index (χ3n) is 2.66. The Labute approximate surface area is 107 Å². The van der Waals surface area contributed by atoms with Gasteiger partial charge in [0.25, 0.3) is 0 Å². The van der Waals surface area contributed by atoms with Crippen molar-refractivity contribution in [1.82, 2.24) is 0 Å². The zero-order valence-corrected chi connectivity index (χ0v) is 11.1. The first-order valence-corrected chi connectivity index (χ1v) is 5.85. The molecule has 98 valence electrons. The molecule has 1 N–H and O–H groups in total. The second kappa shape index (κ2) is 5.67. The van der Waals surface area contributed by atoms with Crippen molar-refractivity contribution >= 4 is 11.9 Å². The summed E-state index contributed by atoms with van der Waals surface area (Å²) in [5.41, 5.74) is 1.68. The Morgan fingerprint density at radius 3 is 2.39 bits per heavy atom. The number of rotatable bonds is 4. The van der Waals surface area contributed by atoms with Crippen molar-refractivity contribution in [3.05, 3.63) is 34.4 Å². The Bertz CT molecular complexity index is 475. The number of hydrogen-bond donors (Lipinski definition) is 1. The topological polar surface area (TPSA) is 63.6 Å². The lowest BCUT2D eigenvalue weighted by molar-refractivity contribution is 0.0457. The highest BCUT2D eigenvalue weighted by molar-refractivity contribution is 5.98.